The fourth-order valence-electron chi connectivity index (χ4n) is 2.72. The second-order valence-electron chi connectivity index (χ2n) is 6.41. The van der Waals surface area contributed by atoms with Gasteiger partial charge in [0.05, 0.1) is 12.8 Å². The molecule has 0 radical (unpaired) electrons. The minimum absolute atomic E-state index is 0.120. The number of hydrogen-bond donors (Lipinski definition) is 1. The van der Waals surface area contributed by atoms with Gasteiger partial charge in [-0.2, -0.15) is 5.10 Å². The zero-order chi connectivity index (χ0) is 19.4. The molecule has 8 nitrogen and oxygen atoms in total. The lowest BCUT2D eigenvalue weighted by atomic mass is 10.2. The number of amides is 1. The van der Waals surface area contributed by atoms with Crippen LogP contribution in [0.2, 0.25) is 0 Å². The summed E-state index contributed by atoms with van der Waals surface area (Å²) in [7, 11) is 1.71. The normalized spacial score (nSPS) is 10.9. The number of unbranched alkanes of at least 4 members (excludes halogenated alkanes) is 1. The molecule has 1 aromatic carbocycles. The van der Waals surface area contributed by atoms with Crippen LogP contribution in [0.4, 0.5) is 5.69 Å². The second kappa shape index (κ2) is 8.03. The number of rotatable bonds is 7. The first kappa shape index (κ1) is 18.6. The fourth-order valence-corrected chi connectivity index (χ4v) is 2.72. The van der Waals surface area contributed by atoms with Gasteiger partial charge in [-0.15, -0.1) is 0 Å². The number of carbonyl (C=O) groups is 1. The molecule has 142 valence electrons. The summed E-state index contributed by atoms with van der Waals surface area (Å²) >= 11 is 0. The lowest BCUT2D eigenvalue weighted by Gasteiger charge is -2.12. The standard InChI is InChI=1S/C19H23N5O3/c1-4-5-8-27-14-6-7-16(13(2)9-14)22-17(25)11-24-12-20-18-15(19(24)26)10-21-23(18)3/h6-7,9-10,12H,4-5,8,11H2,1-3H3,(H,22,25). The first-order valence-corrected chi connectivity index (χ1v) is 8.90. The lowest BCUT2D eigenvalue weighted by molar-refractivity contribution is -0.116. The number of hydrogen-bond acceptors (Lipinski definition) is 5. The molecule has 0 atom stereocenters. The first-order valence-electron chi connectivity index (χ1n) is 8.90. The van der Waals surface area contributed by atoms with Crippen LogP contribution in [-0.2, 0) is 18.4 Å². The van der Waals surface area contributed by atoms with Gasteiger partial charge in [0.25, 0.3) is 5.56 Å². The predicted molar refractivity (Wildman–Crippen MR) is 103 cm³/mol. The van der Waals surface area contributed by atoms with E-state index in [0.717, 1.165) is 24.2 Å². The van der Waals surface area contributed by atoms with E-state index in [0.29, 0.717) is 23.3 Å². The Morgan fingerprint density at radius 2 is 2.15 bits per heavy atom. The van der Waals surface area contributed by atoms with Crippen molar-refractivity contribution >= 4 is 22.6 Å². The third kappa shape index (κ3) is 4.16. The molecule has 0 aliphatic rings. The maximum Gasteiger partial charge on any atom is 0.264 e. The summed E-state index contributed by atoms with van der Waals surface area (Å²) in [6, 6.07) is 5.52. The highest BCUT2D eigenvalue weighted by molar-refractivity contribution is 5.91. The topological polar surface area (TPSA) is 91.0 Å². The highest BCUT2D eigenvalue weighted by atomic mass is 16.5. The molecule has 8 heteroatoms. The van der Waals surface area contributed by atoms with E-state index in [9.17, 15) is 9.59 Å². The smallest absolute Gasteiger partial charge is 0.264 e. The molecule has 0 bridgehead atoms. The minimum atomic E-state index is -0.301. The predicted octanol–water partition coefficient (Wildman–Crippen LogP) is 2.26. The van der Waals surface area contributed by atoms with E-state index in [1.54, 1.807) is 13.1 Å². The van der Waals surface area contributed by atoms with Gasteiger partial charge in [0, 0.05) is 12.7 Å². The van der Waals surface area contributed by atoms with Crippen molar-refractivity contribution in [3.8, 4) is 5.75 Å². The molecule has 3 aromatic rings. The van der Waals surface area contributed by atoms with Crippen molar-refractivity contribution in [1.82, 2.24) is 19.3 Å². The first-order chi connectivity index (χ1) is 13.0. The molecular formula is C19H23N5O3. The third-order valence-electron chi connectivity index (χ3n) is 4.27. The monoisotopic (exact) mass is 369 g/mol. The summed E-state index contributed by atoms with van der Waals surface area (Å²) in [4.78, 5) is 29.0. The Hall–Kier alpha value is -3.16. The Kier molecular flexibility index (Phi) is 5.54. The number of nitrogens with one attached hydrogen (secondary N) is 1. The Labute approximate surface area is 156 Å². The SMILES string of the molecule is CCCCOc1ccc(NC(=O)Cn2cnc3c(cnn3C)c2=O)c(C)c1. The van der Waals surface area contributed by atoms with Crippen molar-refractivity contribution in [3.63, 3.8) is 0 Å². The van der Waals surface area contributed by atoms with E-state index >= 15 is 0 Å². The van der Waals surface area contributed by atoms with E-state index in [2.05, 4.69) is 22.3 Å². The van der Waals surface area contributed by atoms with Crippen LogP contribution in [-0.4, -0.2) is 31.8 Å². The zero-order valence-electron chi connectivity index (χ0n) is 15.7. The lowest BCUT2D eigenvalue weighted by Crippen LogP contribution is -2.28. The summed E-state index contributed by atoms with van der Waals surface area (Å²) in [6.45, 7) is 4.57. The molecule has 1 amide bonds. The van der Waals surface area contributed by atoms with Crippen LogP contribution < -0.4 is 15.6 Å². The van der Waals surface area contributed by atoms with Crippen molar-refractivity contribution in [3.05, 3.63) is 46.6 Å². The second-order valence-corrected chi connectivity index (χ2v) is 6.41. The number of aryl methyl sites for hydroxylation is 2. The Morgan fingerprint density at radius 1 is 1.33 bits per heavy atom. The van der Waals surface area contributed by atoms with Crippen molar-refractivity contribution in [2.45, 2.75) is 33.2 Å². The third-order valence-corrected chi connectivity index (χ3v) is 4.27. The van der Waals surface area contributed by atoms with Crippen LogP contribution in [0.1, 0.15) is 25.3 Å². The number of carbonyl (C=O) groups excluding carboxylic acids is 1. The minimum Gasteiger partial charge on any atom is -0.494 e. The number of aromatic nitrogens is 4. The van der Waals surface area contributed by atoms with Crippen LogP contribution >= 0.6 is 0 Å². The molecule has 27 heavy (non-hydrogen) atoms. The largest absolute Gasteiger partial charge is 0.494 e. The van der Waals surface area contributed by atoms with Gasteiger partial charge in [-0.3, -0.25) is 18.8 Å². The Balaban J connectivity index is 1.69. The van der Waals surface area contributed by atoms with Gasteiger partial charge in [-0.05, 0) is 37.1 Å². The molecule has 1 N–H and O–H groups in total. The van der Waals surface area contributed by atoms with Crippen LogP contribution in [0.15, 0.2) is 35.5 Å². The van der Waals surface area contributed by atoms with E-state index in [1.807, 2.05) is 19.1 Å². The van der Waals surface area contributed by atoms with Gasteiger partial charge < -0.3 is 10.1 Å². The molecule has 0 unspecified atom stereocenters. The molecule has 0 fully saturated rings. The molecule has 0 spiro atoms. The summed E-state index contributed by atoms with van der Waals surface area (Å²) < 4.78 is 8.46. The van der Waals surface area contributed by atoms with E-state index in [4.69, 9.17) is 4.74 Å². The average Bonchev–Trinajstić information content (AvgIpc) is 3.02. The van der Waals surface area contributed by atoms with Gasteiger partial charge in [-0.25, -0.2) is 4.98 Å². The summed E-state index contributed by atoms with van der Waals surface area (Å²) in [6.07, 6.45) is 4.90. The molecule has 0 saturated heterocycles. The molecule has 2 heterocycles. The average molecular weight is 369 g/mol. The van der Waals surface area contributed by atoms with Gasteiger partial charge in [0.2, 0.25) is 5.91 Å². The number of benzene rings is 1. The van der Waals surface area contributed by atoms with Crippen LogP contribution in [0.5, 0.6) is 5.75 Å². The van der Waals surface area contributed by atoms with Crippen LogP contribution in [0.25, 0.3) is 11.0 Å². The van der Waals surface area contributed by atoms with Crippen LogP contribution in [0, 0.1) is 6.92 Å². The van der Waals surface area contributed by atoms with E-state index < -0.39 is 0 Å². The molecule has 0 aliphatic carbocycles. The van der Waals surface area contributed by atoms with Gasteiger partial charge in [0.15, 0.2) is 5.65 Å². The Morgan fingerprint density at radius 3 is 2.89 bits per heavy atom. The molecular weight excluding hydrogens is 346 g/mol. The van der Waals surface area contributed by atoms with Crippen LogP contribution in [0.3, 0.4) is 0 Å². The highest BCUT2D eigenvalue weighted by Crippen LogP contribution is 2.21. The van der Waals surface area contributed by atoms with Crippen molar-refractivity contribution in [2.75, 3.05) is 11.9 Å². The van der Waals surface area contributed by atoms with Gasteiger partial charge >= 0.3 is 0 Å². The maximum atomic E-state index is 12.4. The fraction of sp³-hybridized carbons (Fsp3) is 0.368. The number of anilines is 1. The summed E-state index contributed by atoms with van der Waals surface area (Å²) in [5, 5.41) is 7.24. The van der Waals surface area contributed by atoms with E-state index in [-0.39, 0.29) is 18.0 Å². The molecule has 0 aliphatic heterocycles. The Bertz CT molecular complexity index is 1020. The highest BCUT2D eigenvalue weighted by Gasteiger charge is 2.12. The zero-order valence-corrected chi connectivity index (χ0v) is 15.7. The number of ether oxygens (including phenoxy) is 1. The summed E-state index contributed by atoms with van der Waals surface area (Å²) in [5.74, 6) is 0.478. The molecule has 3 rings (SSSR count). The quantitative estimate of drug-likeness (QED) is 0.645. The van der Waals surface area contributed by atoms with Crippen molar-refractivity contribution in [1.29, 1.82) is 0 Å². The van der Waals surface area contributed by atoms with Gasteiger partial charge in [0.1, 0.15) is 24.0 Å². The number of fused-ring (bicyclic) bond motifs is 1. The number of nitrogens with zero attached hydrogens (tertiary/aromatic N) is 4. The molecule has 0 saturated carbocycles. The maximum absolute atomic E-state index is 12.4. The van der Waals surface area contributed by atoms with E-state index in [1.165, 1.54) is 21.8 Å². The van der Waals surface area contributed by atoms with Gasteiger partial charge in [-0.1, -0.05) is 13.3 Å². The van der Waals surface area contributed by atoms with Crippen molar-refractivity contribution < 1.29 is 9.53 Å². The summed E-state index contributed by atoms with van der Waals surface area (Å²) in [5.41, 5.74) is 1.78. The molecule has 2 aromatic heterocycles. The van der Waals surface area contributed by atoms with Crippen molar-refractivity contribution in [2.24, 2.45) is 7.05 Å².